The molecule has 4 heteroatoms. The molecule has 1 aromatic rings. The summed E-state index contributed by atoms with van der Waals surface area (Å²) in [5.41, 5.74) is 0.943. The number of benzene rings is 1. The molecule has 0 radical (unpaired) electrons. The molecular weight excluding hydrogens is 204 g/mol. The fourth-order valence-corrected chi connectivity index (χ4v) is 1.83. The van der Waals surface area contributed by atoms with Gasteiger partial charge in [-0.05, 0) is 30.7 Å². The van der Waals surface area contributed by atoms with Crippen molar-refractivity contribution in [1.29, 1.82) is 0 Å². The Morgan fingerprint density at radius 2 is 2.25 bits per heavy atom. The van der Waals surface area contributed by atoms with Crippen molar-refractivity contribution in [1.82, 2.24) is 10.6 Å². The molecule has 0 aliphatic carbocycles. The zero-order valence-corrected chi connectivity index (χ0v) is 9.32. The molecule has 1 fully saturated rings. The smallest absolute Gasteiger partial charge is 0.241 e. The van der Waals surface area contributed by atoms with Gasteiger partial charge in [0.2, 0.25) is 5.91 Å². The molecule has 1 saturated heterocycles. The lowest BCUT2D eigenvalue weighted by Crippen LogP contribution is -2.33. The molecule has 0 spiro atoms. The normalized spacial score (nSPS) is 21.1. The number of ether oxygens (including phenoxy) is 1. The fraction of sp³-hybridized carbons (Fsp3) is 0.417. The molecule has 2 rings (SSSR count). The lowest BCUT2D eigenvalue weighted by atomic mass is 10.1. The van der Waals surface area contributed by atoms with Crippen LogP contribution in [0.1, 0.15) is 18.0 Å². The van der Waals surface area contributed by atoms with E-state index in [2.05, 4.69) is 10.6 Å². The third-order valence-corrected chi connectivity index (χ3v) is 2.69. The summed E-state index contributed by atoms with van der Waals surface area (Å²) in [6, 6.07) is 7.33. The van der Waals surface area contributed by atoms with Crippen molar-refractivity contribution in [3.8, 4) is 5.75 Å². The van der Waals surface area contributed by atoms with Gasteiger partial charge >= 0.3 is 0 Å². The SMILES string of the molecule is COc1cccc(C2NCCCNC2=O)c1. The van der Waals surface area contributed by atoms with Crippen molar-refractivity contribution < 1.29 is 9.53 Å². The van der Waals surface area contributed by atoms with Crippen LogP contribution in [0.2, 0.25) is 0 Å². The Balaban J connectivity index is 2.23. The van der Waals surface area contributed by atoms with Gasteiger partial charge in [-0.2, -0.15) is 0 Å². The van der Waals surface area contributed by atoms with E-state index < -0.39 is 0 Å². The maximum Gasteiger partial charge on any atom is 0.241 e. The molecule has 1 aliphatic rings. The molecule has 86 valence electrons. The number of nitrogens with one attached hydrogen (secondary N) is 2. The Kier molecular flexibility index (Phi) is 3.41. The van der Waals surface area contributed by atoms with Gasteiger partial charge in [-0.1, -0.05) is 12.1 Å². The first-order valence-corrected chi connectivity index (χ1v) is 5.46. The quantitative estimate of drug-likeness (QED) is 0.776. The van der Waals surface area contributed by atoms with Crippen molar-refractivity contribution in [3.05, 3.63) is 29.8 Å². The molecule has 2 N–H and O–H groups in total. The Hall–Kier alpha value is -1.55. The first kappa shape index (κ1) is 11.0. The molecule has 1 unspecified atom stereocenters. The van der Waals surface area contributed by atoms with E-state index in [-0.39, 0.29) is 11.9 Å². The molecule has 0 saturated carbocycles. The Bertz CT molecular complexity index is 379. The topological polar surface area (TPSA) is 50.4 Å². The fourth-order valence-electron chi connectivity index (χ4n) is 1.83. The zero-order valence-electron chi connectivity index (χ0n) is 9.32. The number of carbonyl (C=O) groups is 1. The van der Waals surface area contributed by atoms with Gasteiger partial charge in [0.15, 0.2) is 0 Å². The average molecular weight is 220 g/mol. The van der Waals surface area contributed by atoms with E-state index >= 15 is 0 Å². The van der Waals surface area contributed by atoms with Crippen molar-refractivity contribution in [3.63, 3.8) is 0 Å². The van der Waals surface area contributed by atoms with E-state index in [9.17, 15) is 4.79 Å². The maximum atomic E-state index is 11.8. The average Bonchev–Trinajstić information content (AvgIpc) is 2.54. The Labute approximate surface area is 95.0 Å². The third kappa shape index (κ3) is 2.33. The number of methoxy groups -OCH3 is 1. The minimum atomic E-state index is -0.266. The molecule has 1 aliphatic heterocycles. The highest BCUT2D eigenvalue weighted by atomic mass is 16.5. The number of amides is 1. The molecule has 16 heavy (non-hydrogen) atoms. The van der Waals surface area contributed by atoms with Gasteiger partial charge in [0.1, 0.15) is 11.8 Å². The summed E-state index contributed by atoms with van der Waals surface area (Å²) in [5.74, 6) is 0.808. The lowest BCUT2D eigenvalue weighted by Gasteiger charge is -2.15. The third-order valence-electron chi connectivity index (χ3n) is 2.69. The Morgan fingerprint density at radius 3 is 3.06 bits per heavy atom. The van der Waals surface area contributed by atoms with Crippen molar-refractivity contribution in [2.45, 2.75) is 12.5 Å². The second-order valence-corrected chi connectivity index (χ2v) is 3.81. The second-order valence-electron chi connectivity index (χ2n) is 3.81. The highest BCUT2D eigenvalue weighted by Gasteiger charge is 2.21. The summed E-state index contributed by atoms with van der Waals surface area (Å²) in [5, 5.41) is 6.12. The molecule has 1 heterocycles. The van der Waals surface area contributed by atoms with Crippen molar-refractivity contribution in [2.24, 2.45) is 0 Å². The zero-order chi connectivity index (χ0) is 11.4. The van der Waals surface area contributed by atoms with Crippen LogP contribution in [0.25, 0.3) is 0 Å². The number of rotatable bonds is 2. The highest BCUT2D eigenvalue weighted by molar-refractivity contribution is 5.83. The standard InChI is InChI=1S/C12H16N2O2/c1-16-10-5-2-4-9(8-10)11-12(15)14-7-3-6-13-11/h2,4-5,8,11,13H,3,6-7H2,1H3,(H,14,15). The van der Waals surface area contributed by atoms with E-state index in [4.69, 9.17) is 4.74 Å². The summed E-state index contributed by atoms with van der Waals surface area (Å²) >= 11 is 0. The van der Waals surface area contributed by atoms with Crippen LogP contribution in [0.15, 0.2) is 24.3 Å². The van der Waals surface area contributed by atoms with E-state index in [1.165, 1.54) is 0 Å². The van der Waals surface area contributed by atoms with Crippen LogP contribution in [-0.4, -0.2) is 26.1 Å². The van der Waals surface area contributed by atoms with E-state index in [1.807, 2.05) is 24.3 Å². The van der Waals surface area contributed by atoms with E-state index in [1.54, 1.807) is 7.11 Å². The summed E-state index contributed by atoms with van der Waals surface area (Å²) in [7, 11) is 1.62. The van der Waals surface area contributed by atoms with Gasteiger partial charge in [0.05, 0.1) is 7.11 Å². The van der Waals surface area contributed by atoms with Crippen LogP contribution in [0.3, 0.4) is 0 Å². The second kappa shape index (κ2) is 4.99. The molecule has 1 atom stereocenters. The summed E-state index contributed by atoms with van der Waals surface area (Å²) in [6.07, 6.45) is 0.964. The summed E-state index contributed by atoms with van der Waals surface area (Å²) in [6.45, 7) is 1.59. The van der Waals surface area contributed by atoms with Gasteiger partial charge in [-0.15, -0.1) is 0 Å². The van der Waals surface area contributed by atoms with Crippen molar-refractivity contribution >= 4 is 5.91 Å². The van der Waals surface area contributed by atoms with Crippen LogP contribution in [0.4, 0.5) is 0 Å². The Morgan fingerprint density at radius 1 is 1.38 bits per heavy atom. The van der Waals surface area contributed by atoms with Gasteiger partial charge in [0, 0.05) is 6.54 Å². The largest absolute Gasteiger partial charge is 0.497 e. The van der Waals surface area contributed by atoms with Crippen molar-refractivity contribution in [2.75, 3.05) is 20.2 Å². The summed E-state index contributed by atoms with van der Waals surface area (Å²) in [4.78, 5) is 11.8. The minimum Gasteiger partial charge on any atom is -0.497 e. The van der Waals surface area contributed by atoms with Crippen LogP contribution >= 0.6 is 0 Å². The molecule has 0 bridgehead atoms. The van der Waals surface area contributed by atoms with E-state index in [0.717, 1.165) is 30.8 Å². The number of hydrogen-bond acceptors (Lipinski definition) is 3. The van der Waals surface area contributed by atoms with Gasteiger partial charge in [-0.3, -0.25) is 4.79 Å². The van der Waals surface area contributed by atoms with Gasteiger partial charge in [-0.25, -0.2) is 0 Å². The molecule has 4 nitrogen and oxygen atoms in total. The van der Waals surface area contributed by atoms with Crippen LogP contribution in [0, 0.1) is 0 Å². The predicted octanol–water partition coefficient (Wildman–Crippen LogP) is 0.846. The lowest BCUT2D eigenvalue weighted by molar-refractivity contribution is -0.122. The van der Waals surface area contributed by atoms with Crippen LogP contribution in [-0.2, 0) is 4.79 Å². The first-order valence-electron chi connectivity index (χ1n) is 5.46. The number of hydrogen-bond donors (Lipinski definition) is 2. The van der Waals surface area contributed by atoms with Gasteiger partial charge in [0.25, 0.3) is 0 Å². The molecule has 0 aromatic heterocycles. The molecular formula is C12H16N2O2. The van der Waals surface area contributed by atoms with Gasteiger partial charge < -0.3 is 15.4 Å². The predicted molar refractivity (Wildman–Crippen MR) is 61.4 cm³/mol. The van der Waals surface area contributed by atoms with Crippen LogP contribution in [0.5, 0.6) is 5.75 Å². The van der Waals surface area contributed by atoms with E-state index in [0.29, 0.717) is 0 Å². The number of carbonyl (C=O) groups excluding carboxylic acids is 1. The highest BCUT2D eigenvalue weighted by Crippen LogP contribution is 2.20. The maximum absolute atomic E-state index is 11.8. The summed E-state index contributed by atoms with van der Waals surface area (Å²) < 4.78 is 5.15. The minimum absolute atomic E-state index is 0.0331. The van der Waals surface area contributed by atoms with Crippen LogP contribution < -0.4 is 15.4 Å². The monoisotopic (exact) mass is 220 g/mol. The first-order chi connectivity index (χ1) is 7.81. The molecule has 1 amide bonds. The molecule has 1 aromatic carbocycles.